The summed E-state index contributed by atoms with van der Waals surface area (Å²) in [6, 6.07) is 11.5. The van der Waals surface area contributed by atoms with Crippen LogP contribution < -0.4 is 10.5 Å². The molecule has 19 heavy (non-hydrogen) atoms. The molecule has 0 bridgehead atoms. The summed E-state index contributed by atoms with van der Waals surface area (Å²) in [6.45, 7) is 0.432. The molecule has 0 unspecified atom stereocenters. The van der Waals surface area contributed by atoms with E-state index in [2.05, 4.69) is 4.98 Å². The number of nitrogens with zero attached hydrogens (tertiary/aromatic N) is 1. The second-order valence-corrected chi connectivity index (χ2v) is 4.81. The van der Waals surface area contributed by atoms with Gasteiger partial charge in [0.2, 0.25) is 0 Å². The van der Waals surface area contributed by atoms with E-state index in [-0.39, 0.29) is 5.84 Å². The predicted molar refractivity (Wildman–Crippen MR) is 77.8 cm³/mol. The first-order valence-electron chi connectivity index (χ1n) is 5.75. The van der Waals surface area contributed by atoms with Gasteiger partial charge in [-0.05, 0) is 48.2 Å². The van der Waals surface area contributed by atoms with Crippen molar-refractivity contribution in [2.24, 2.45) is 5.73 Å². The number of nitrogens with one attached hydrogen (secondary N) is 1. The van der Waals surface area contributed by atoms with Gasteiger partial charge < -0.3 is 10.5 Å². The van der Waals surface area contributed by atoms with Gasteiger partial charge in [0.25, 0.3) is 0 Å². The molecule has 98 valence electrons. The highest BCUT2D eigenvalue weighted by atomic mass is 32.2. The Kier molecular flexibility index (Phi) is 4.41. The van der Waals surface area contributed by atoms with E-state index in [4.69, 9.17) is 15.9 Å². The van der Waals surface area contributed by atoms with Crippen molar-refractivity contribution in [3.63, 3.8) is 0 Å². The smallest absolute Gasteiger partial charge is 0.141 e. The van der Waals surface area contributed by atoms with Gasteiger partial charge in [0.15, 0.2) is 0 Å². The van der Waals surface area contributed by atoms with E-state index in [0.717, 1.165) is 11.3 Å². The number of nitrogen functional groups attached to an aromatic ring is 1. The van der Waals surface area contributed by atoms with Crippen LogP contribution in [-0.4, -0.2) is 17.1 Å². The molecule has 2 rings (SSSR count). The van der Waals surface area contributed by atoms with E-state index in [1.807, 2.05) is 36.6 Å². The molecule has 4 nitrogen and oxygen atoms in total. The monoisotopic (exact) mass is 273 g/mol. The third-order valence-electron chi connectivity index (χ3n) is 2.57. The Labute approximate surface area is 116 Å². The molecule has 0 atom stereocenters. The molecule has 0 aliphatic rings. The van der Waals surface area contributed by atoms with E-state index in [9.17, 15) is 0 Å². The molecular weight excluding hydrogens is 258 g/mol. The lowest BCUT2D eigenvalue weighted by Crippen LogP contribution is -2.13. The maximum atomic E-state index is 7.35. The zero-order valence-electron chi connectivity index (χ0n) is 10.6. The lowest BCUT2D eigenvalue weighted by Gasteiger charge is -2.07. The summed E-state index contributed by atoms with van der Waals surface area (Å²) in [6.07, 6.45) is 3.67. The SMILES string of the molecule is CSc1ccc(OCc2ccnc(C(=N)N)c2)cc1. The van der Waals surface area contributed by atoms with E-state index in [1.165, 1.54) is 4.90 Å². The molecule has 5 heteroatoms. The first kappa shape index (κ1) is 13.4. The van der Waals surface area contributed by atoms with Crippen LogP contribution in [0.2, 0.25) is 0 Å². The maximum Gasteiger partial charge on any atom is 0.141 e. The molecule has 0 aliphatic heterocycles. The van der Waals surface area contributed by atoms with Crippen molar-refractivity contribution in [2.45, 2.75) is 11.5 Å². The second kappa shape index (κ2) is 6.24. The lowest BCUT2D eigenvalue weighted by atomic mass is 10.2. The first-order chi connectivity index (χ1) is 9.19. The highest BCUT2D eigenvalue weighted by Gasteiger charge is 2.01. The van der Waals surface area contributed by atoms with Crippen LogP contribution in [-0.2, 0) is 6.61 Å². The molecule has 0 spiro atoms. The molecule has 2 aromatic rings. The second-order valence-electron chi connectivity index (χ2n) is 3.93. The molecule has 1 aromatic carbocycles. The Balaban J connectivity index is 2.01. The van der Waals surface area contributed by atoms with E-state index >= 15 is 0 Å². The number of aromatic nitrogens is 1. The van der Waals surface area contributed by atoms with Crippen molar-refractivity contribution in [3.8, 4) is 5.75 Å². The zero-order chi connectivity index (χ0) is 13.7. The fraction of sp³-hybridized carbons (Fsp3) is 0.143. The Bertz CT molecular complexity index is 569. The lowest BCUT2D eigenvalue weighted by molar-refractivity contribution is 0.306. The van der Waals surface area contributed by atoms with Gasteiger partial charge in [0, 0.05) is 11.1 Å². The zero-order valence-corrected chi connectivity index (χ0v) is 11.4. The van der Waals surface area contributed by atoms with Crippen molar-refractivity contribution in [3.05, 3.63) is 53.9 Å². The highest BCUT2D eigenvalue weighted by molar-refractivity contribution is 7.98. The Hall–Kier alpha value is -2.01. The largest absolute Gasteiger partial charge is 0.489 e. The number of ether oxygens (including phenoxy) is 1. The Morgan fingerprint density at radius 1 is 1.32 bits per heavy atom. The van der Waals surface area contributed by atoms with Crippen LogP contribution >= 0.6 is 11.8 Å². The molecular formula is C14H15N3OS. The summed E-state index contributed by atoms with van der Waals surface area (Å²) in [5.41, 5.74) is 6.81. The average molecular weight is 273 g/mol. The quantitative estimate of drug-likeness (QED) is 0.499. The third-order valence-corrected chi connectivity index (χ3v) is 3.31. The molecule has 1 heterocycles. The van der Waals surface area contributed by atoms with Gasteiger partial charge >= 0.3 is 0 Å². The fourth-order valence-electron chi connectivity index (χ4n) is 1.55. The van der Waals surface area contributed by atoms with Crippen LogP contribution in [0.5, 0.6) is 5.75 Å². The van der Waals surface area contributed by atoms with Crippen LogP contribution in [0.3, 0.4) is 0 Å². The van der Waals surface area contributed by atoms with Gasteiger partial charge in [-0.3, -0.25) is 10.4 Å². The van der Waals surface area contributed by atoms with E-state index in [1.54, 1.807) is 24.0 Å². The fourth-order valence-corrected chi connectivity index (χ4v) is 1.96. The van der Waals surface area contributed by atoms with E-state index < -0.39 is 0 Å². The van der Waals surface area contributed by atoms with Gasteiger partial charge in [-0.2, -0.15) is 0 Å². The minimum atomic E-state index is -0.0360. The predicted octanol–water partition coefficient (Wildman–Crippen LogP) is 2.67. The van der Waals surface area contributed by atoms with Gasteiger partial charge in [-0.25, -0.2) is 0 Å². The molecule has 1 aromatic heterocycles. The minimum Gasteiger partial charge on any atom is -0.489 e. The Morgan fingerprint density at radius 2 is 2.05 bits per heavy atom. The van der Waals surface area contributed by atoms with Crippen LogP contribution in [0.1, 0.15) is 11.3 Å². The normalized spacial score (nSPS) is 10.2. The number of pyridine rings is 1. The van der Waals surface area contributed by atoms with Gasteiger partial charge in [0.05, 0.1) is 0 Å². The summed E-state index contributed by atoms with van der Waals surface area (Å²) >= 11 is 1.70. The minimum absolute atomic E-state index is 0.0360. The van der Waals surface area contributed by atoms with Crippen molar-refractivity contribution in [2.75, 3.05) is 6.26 Å². The summed E-state index contributed by atoms with van der Waals surface area (Å²) in [5, 5.41) is 7.35. The summed E-state index contributed by atoms with van der Waals surface area (Å²) in [5.74, 6) is 0.783. The number of benzene rings is 1. The Morgan fingerprint density at radius 3 is 2.68 bits per heavy atom. The molecule has 0 fully saturated rings. The van der Waals surface area contributed by atoms with Crippen molar-refractivity contribution in [1.82, 2.24) is 4.98 Å². The molecule has 0 saturated heterocycles. The summed E-state index contributed by atoms with van der Waals surface area (Å²) < 4.78 is 5.68. The van der Waals surface area contributed by atoms with Gasteiger partial charge in [0.1, 0.15) is 23.9 Å². The van der Waals surface area contributed by atoms with E-state index in [0.29, 0.717) is 12.3 Å². The summed E-state index contributed by atoms with van der Waals surface area (Å²) in [7, 11) is 0. The van der Waals surface area contributed by atoms with Gasteiger partial charge in [-0.15, -0.1) is 11.8 Å². The van der Waals surface area contributed by atoms with Crippen LogP contribution in [0.4, 0.5) is 0 Å². The number of hydrogen-bond acceptors (Lipinski definition) is 4. The number of nitrogens with two attached hydrogens (primary N) is 1. The van der Waals surface area contributed by atoms with Crippen LogP contribution in [0.15, 0.2) is 47.5 Å². The number of amidine groups is 1. The van der Waals surface area contributed by atoms with Crippen LogP contribution in [0.25, 0.3) is 0 Å². The standard InChI is InChI=1S/C14H15N3OS/c1-19-12-4-2-11(3-5-12)18-9-10-6-7-17-13(8-10)14(15)16/h2-8H,9H2,1H3,(H3,15,16). The molecule has 0 radical (unpaired) electrons. The van der Waals surface area contributed by atoms with Crippen molar-refractivity contribution in [1.29, 1.82) is 5.41 Å². The number of hydrogen-bond donors (Lipinski definition) is 2. The molecule has 3 N–H and O–H groups in total. The summed E-state index contributed by atoms with van der Waals surface area (Å²) in [4.78, 5) is 5.21. The van der Waals surface area contributed by atoms with Crippen molar-refractivity contribution >= 4 is 17.6 Å². The highest BCUT2D eigenvalue weighted by Crippen LogP contribution is 2.19. The van der Waals surface area contributed by atoms with Crippen molar-refractivity contribution < 1.29 is 4.74 Å². The molecule has 0 aliphatic carbocycles. The van der Waals surface area contributed by atoms with Crippen LogP contribution in [0, 0.1) is 5.41 Å². The topological polar surface area (TPSA) is 72.0 Å². The molecule has 0 amide bonds. The third kappa shape index (κ3) is 3.72. The van der Waals surface area contributed by atoms with Gasteiger partial charge in [-0.1, -0.05) is 0 Å². The first-order valence-corrected chi connectivity index (χ1v) is 6.97. The average Bonchev–Trinajstić information content (AvgIpc) is 2.46. The molecule has 0 saturated carbocycles. The number of rotatable bonds is 5. The maximum absolute atomic E-state index is 7.35. The number of thioether (sulfide) groups is 1.